The Balaban J connectivity index is 0.00000192. The Bertz CT molecular complexity index is 1110. The number of phenolic OH excluding ortho intramolecular Hbond substituents is 2. The van der Waals surface area contributed by atoms with Crippen molar-refractivity contribution in [3.8, 4) is 23.0 Å². The number of rotatable bonds is 0. The maximum atomic E-state index is 12.9. The first-order valence-electron chi connectivity index (χ1n) is 7.98. The zero-order chi connectivity index (χ0) is 18.9. The van der Waals surface area contributed by atoms with E-state index in [0.717, 1.165) is 4.47 Å². The molecule has 0 aliphatic carbocycles. The van der Waals surface area contributed by atoms with Gasteiger partial charge in [-0.15, -0.1) is 0 Å². The summed E-state index contributed by atoms with van der Waals surface area (Å²) >= 11 is 6.89. The van der Waals surface area contributed by atoms with E-state index in [2.05, 4.69) is 31.9 Å². The van der Waals surface area contributed by atoms with Crippen molar-refractivity contribution in [3.05, 3.63) is 79.7 Å². The van der Waals surface area contributed by atoms with Gasteiger partial charge in [-0.05, 0) is 62.2 Å². The molecule has 0 amide bonds. The van der Waals surface area contributed by atoms with Gasteiger partial charge in [-0.25, -0.2) is 4.79 Å². The molecule has 0 aromatic heterocycles. The number of phenols is 2. The van der Waals surface area contributed by atoms with Crippen molar-refractivity contribution < 1.29 is 24.5 Å². The fourth-order valence-electron chi connectivity index (χ4n) is 3.72. The van der Waals surface area contributed by atoms with Gasteiger partial charge >= 0.3 is 5.97 Å². The van der Waals surface area contributed by atoms with Crippen LogP contribution in [0.1, 0.15) is 27.0 Å². The van der Waals surface area contributed by atoms with Crippen LogP contribution in [-0.2, 0) is 10.3 Å². The van der Waals surface area contributed by atoms with Gasteiger partial charge in [0.2, 0.25) is 0 Å². The van der Waals surface area contributed by atoms with E-state index in [4.69, 9.17) is 9.47 Å². The van der Waals surface area contributed by atoms with Crippen molar-refractivity contribution in [3.63, 3.8) is 0 Å². The molecule has 1 spiro atoms. The van der Waals surface area contributed by atoms with Crippen LogP contribution < -0.4 is 4.74 Å². The van der Waals surface area contributed by atoms with Gasteiger partial charge in [0, 0.05) is 55.1 Å². The Morgan fingerprint density at radius 2 is 1.36 bits per heavy atom. The molecule has 5 rings (SSSR count). The van der Waals surface area contributed by atoms with E-state index in [1.54, 1.807) is 12.1 Å². The minimum absolute atomic E-state index is 0. The summed E-state index contributed by atoms with van der Waals surface area (Å²) in [6.45, 7) is 0. The number of hydrogen-bond acceptors (Lipinski definition) is 5. The lowest BCUT2D eigenvalue weighted by Crippen LogP contribution is -2.32. The van der Waals surface area contributed by atoms with Crippen molar-refractivity contribution in [2.45, 2.75) is 5.60 Å². The minimum Gasteiger partial charge on any atom is -0.508 e. The normalized spacial score (nSPS) is 15.0. The molecule has 3 aromatic rings. The van der Waals surface area contributed by atoms with Crippen molar-refractivity contribution >= 4 is 55.2 Å². The van der Waals surface area contributed by atoms with Crippen molar-refractivity contribution in [1.29, 1.82) is 0 Å². The van der Waals surface area contributed by atoms with Crippen LogP contribution in [0.3, 0.4) is 0 Å². The third-order valence-corrected chi connectivity index (χ3v) is 6.85. The summed E-state index contributed by atoms with van der Waals surface area (Å²) in [5.41, 5.74) is 1.04. The van der Waals surface area contributed by atoms with Crippen LogP contribution in [0.5, 0.6) is 23.0 Å². The highest BCUT2D eigenvalue weighted by atomic mass is 79.9. The second-order valence-corrected chi connectivity index (χ2v) is 7.96. The Morgan fingerprint density at radius 3 is 1.93 bits per heavy atom. The monoisotopic (exact) mass is 515 g/mol. The van der Waals surface area contributed by atoms with E-state index >= 15 is 0 Å². The van der Waals surface area contributed by atoms with E-state index < -0.39 is 11.6 Å². The predicted molar refractivity (Wildman–Crippen MR) is 109 cm³/mol. The SMILES string of the molecule is O=C1OC2(c3ccc(O)cc3Oc3cc(O)ccc32)c2ccc(Br)c(Br)c21.[Al]. The van der Waals surface area contributed by atoms with Gasteiger partial charge in [-0.1, -0.05) is 6.07 Å². The lowest BCUT2D eigenvalue weighted by atomic mass is 9.77. The topological polar surface area (TPSA) is 76.0 Å². The molecule has 2 N–H and O–H groups in total. The van der Waals surface area contributed by atoms with Crippen LogP contribution in [-0.4, -0.2) is 33.5 Å². The number of hydrogen-bond donors (Lipinski definition) is 2. The average molecular weight is 517 g/mol. The summed E-state index contributed by atoms with van der Waals surface area (Å²) in [5.74, 6) is 0.279. The lowest BCUT2D eigenvalue weighted by Gasteiger charge is -2.36. The van der Waals surface area contributed by atoms with Crippen molar-refractivity contribution in [2.75, 3.05) is 0 Å². The highest BCUT2D eigenvalue weighted by molar-refractivity contribution is 9.13. The number of fused-ring (bicyclic) bond motifs is 6. The summed E-state index contributed by atoms with van der Waals surface area (Å²) < 4.78 is 13.2. The molecule has 5 nitrogen and oxygen atoms in total. The molecule has 2 heterocycles. The summed E-state index contributed by atoms with van der Waals surface area (Å²) in [7, 11) is 0. The van der Waals surface area contributed by atoms with Crippen LogP contribution in [0, 0.1) is 0 Å². The molecule has 8 heteroatoms. The number of aromatic hydroxyl groups is 2. The fourth-order valence-corrected chi connectivity index (χ4v) is 4.56. The summed E-state index contributed by atoms with van der Waals surface area (Å²) in [4.78, 5) is 12.9. The Kier molecular flexibility index (Phi) is 4.51. The van der Waals surface area contributed by atoms with Gasteiger partial charge in [-0.3, -0.25) is 0 Å². The second-order valence-electron chi connectivity index (χ2n) is 6.32. The molecule has 0 saturated heterocycles. The first kappa shape index (κ1) is 19.3. The first-order chi connectivity index (χ1) is 12.9. The van der Waals surface area contributed by atoms with E-state index in [1.807, 2.05) is 12.1 Å². The lowest BCUT2D eigenvalue weighted by molar-refractivity contribution is 0.0224. The maximum Gasteiger partial charge on any atom is 0.341 e. The van der Waals surface area contributed by atoms with Crippen LogP contribution in [0.2, 0.25) is 0 Å². The number of carbonyl (C=O) groups excluding carboxylic acids is 1. The highest BCUT2D eigenvalue weighted by Gasteiger charge is 2.54. The van der Waals surface area contributed by atoms with Crippen LogP contribution >= 0.6 is 31.9 Å². The zero-order valence-corrected chi connectivity index (χ0v) is 18.4. The average Bonchev–Trinajstić information content (AvgIpc) is 2.91. The van der Waals surface area contributed by atoms with Gasteiger partial charge in [0.15, 0.2) is 5.60 Å². The van der Waals surface area contributed by atoms with Gasteiger partial charge < -0.3 is 19.7 Å². The highest BCUT2D eigenvalue weighted by Crippen LogP contribution is 2.58. The molecule has 2 aliphatic heterocycles. The second kappa shape index (κ2) is 6.53. The standard InChI is InChI=1S/C20H10Br2O5.Al/c21-14-6-5-13-17(18(14)22)19(25)27-20(13)11-3-1-9(23)7-15(11)26-16-8-10(24)2-4-12(16)20;/h1-8,23-24H;. The van der Waals surface area contributed by atoms with E-state index in [1.165, 1.54) is 24.3 Å². The quantitative estimate of drug-likeness (QED) is 0.331. The molecule has 3 radical (unpaired) electrons. The van der Waals surface area contributed by atoms with Crippen LogP contribution in [0.4, 0.5) is 0 Å². The molecule has 0 unspecified atom stereocenters. The van der Waals surface area contributed by atoms with E-state index in [-0.39, 0.29) is 28.9 Å². The van der Waals surface area contributed by atoms with E-state index in [9.17, 15) is 15.0 Å². The third kappa shape index (κ3) is 2.45. The molecule has 137 valence electrons. The van der Waals surface area contributed by atoms with Crippen LogP contribution in [0.25, 0.3) is 0 Å². The van der Waals surface area contributed by atoms with Gasteiger partial charge in [-0.2, -0.15) is 0 Å². The first-order valence-corrected chi connectivity index (χ1v) is 9.57. The molecule has 0 fully saturated rings. The molecular formula is C20H10AlBr2O5. The molecule has 2 aliphatic rings. The van der Waals surface area contributed by atoms with Gasteiger partial charge in [0.05, 0.1) is 5.56 Å². The number of ether oxygens (including phenoxy) is 2. The molecule has 28 heavy (non-hydrogen) atoms. The smallest absolute Gasteiger partial charge is 0.341 e. The summed E-state index contributed by atoms with van der Waals surface area (Å²) in [6.07, 6.45) is 0. The molecule has 0 atom stereocenters. The Labute approximate surface area is 187 Å². The number of esters is 1. The Morgan fingerprint density at radius 1 is 0.821 bits per heavy atom. The number of carbonyl (C=O) groups is 1. The minimum atomic E-state index is -1.24. The largest absolute Gasteiger partial charge is 0.508 e. The number of halogens is 2. The zero-order valence-electron chi connectivity index (χ0n) is 14.1. The molecule has 0 saturated carbocycles. The predicted octanol–water partition coefficient (Wildman–Crippen LogP) is 4.81. The summed E-state index contributed by atoms with van der Waals surface area (Å²) in [6, 6.07) is 13.0. The fraction of sp³-hybridized carbons (Fsp3) is 0.0500. The molecule has 3 aromatic carbocycles. The van der Waals surface area contributed by atoms with Crippen LogP contribution in [0.15, 0.2) is 57.5 Å². The Hall–Kier alpha value is -1.98. The summed E-state index contributed by atoms with van der Waals surface area (Å²) in [5, 5.41) is 19.8. The number of benzene rings is 3. The molecule has 0 bridgehead atoms. The maximum absolute atomic E-state index is 12.9. The van der Waals surface area contributed by atoms with Crippen molar-refractivity contribution in [2.24, 2.45) is 0 Å². The molecular weight excluding hydrogens is 507 g/mol. The van der Waals surface area contributed by atoms with Crippen molar-refractivity contribution in [1.82, 2.24) is 0 Å². The van der Waals surface area contributed by atoms with E-state index in [0.29, 0.717) is 38.2 Å². The third-order valence-electron chi connectivity index (χ3n) is 4.83. The van der Waals surface area contributed by atoms with Gasteiger partial charge in [0.25, 0.3) is 0 Å². The van der Waals surface area contributed by atoms with Gasteiger partial charge in [0.1, 0.15) is 23.0 Å².